The molecule has 1 nitrogen and oxygen atoms in total. The van der Waals surface area contributed by atoms with Crippen LogP contribution in [-0.2, 0) is 4.43 Å². The van der Waals surface area contributed by atoms with Crippen molar-refractivity contribution in [2.45, 2.75) is 38.9 Å². The fourth-order valence-corrected chi connectivity index (χ4v) is 2.13. The molecule has 0 bridgehead atoms. The van der Waals surface area contributed by atoms with Crippen molar-refractivity contribution in [3.63, 3.8) is 0 Å². The zero-order valence-corrected chi connectivity index (χ0v) is 8.68. The fraction of sp³-hybridized carbons (Fsp3) is 0.667. The molecule has 0 saturated carbocycles. The molecule has 11 heavy (non-hydrogen) atoms. The molecule has 0 spiro atoms. The standard InChI is InChI=1S/C9H17OSi/c1-11(2,3)10-9-7-5-4-6-8-9/h5,7H,4,6,8H2,1-3H3/q-1. The molecule has 0 aliphatic heterocycles. The van der Waals surface area contributed by atoms with Gasteiger partial charge in [-0.1, -0.05) is 18.6 Å². The third kappa shape index (κ3) is 3.51. The number of allylic oxidation sites excluding steroid dienone is 2. The molecule has 0 aromatic carbocycles. The summed E-state index contributed by atoms with van der Waals surface area (Å²) < 4.78 is 5.85. The van der Waals surface area contributed by atoms with Crippen LogP contribution in [0.5, 0.6) is 0 Å². The minimum atomic E-state index is -1.33. The highest BCUT2D eigenvalue weighted by molar-refractivity contribution is 6.70. The summed E-state index contributed by atoms with van der Waals surface area (Å²) in [5, 5.41) is 0. The molecule has 0 heterocycles. The van der Waals surface area contributed by atoms with Gasteiger partial charge in [0.05, 0.1) is 0 Å². The second kappa shape index (κ2) is 3.35. The topological polar surface area (TPSA) is 9.23 Å². The zero-order chi connectivity index (χ0) is 8.32. The third-order valence-electron chi connectivity index (χ3n) is 1.53. The largest absolute Gasteiger partial charge is 0.635 e. The van der Waals surface area contributed by atoms with Gasteiger partial charge in [0.1, 0.15) is 0 Å². The van der Waals surface area contributed by atoms with Crippen LogP contribution >= 0.6 is 0 Å². The number of rotatable bonds is 2. The van der Waals surface area contributed by atoms with Crippen LogP contribution in [0.4, 0.5) is 0 Å². The Morgan fingerprint density at radius 3 is 2.64 bits per heavy atom. The van der Waals surface area contributed by atoms with E-state index in [0.717, 1.165) is 6.42 Å². The minimum Gasteiger partial charge on any atom is -0.635 e. The van der Waals surface area contributed by atoms with Gasteiger partial charge < -0.3 is 4.43 Å². The van der Waals surface area contributed by atoms with E-state index in [1.165, 1.54) is 18.6 Å². The van der Waals surface area contributed by atoms with Gasteiger partial charge in [-0.05, 0) is 19.6 Å². The van der Waals surface area contributed by atoms with Crippen LogP contribution in [0.25, 0.3) is 0 Å². The highest BCUT2D eigenvalue weighted by Crippen LogP contribution is 2.21. The average Bonchev–Trinajstić information content (AvgIpc) is 1.85. The molecule has 0 amide bonds. The predicted molar refractivity (Wildman–Crippen MR) is 50.7 cm³/mol. The van der Waals surface area contributed by atoms with Gasteiger partial charge in [-0.2, -0.15) is 6.08 Å². The van der Waals surface area contributed by atoms with Crippen LogP contribution in [0.1, 0.15) is 19.3 Å². The van der Waals surface area contributed by atoms with E-state index >= 15 is 0 Å². The summed E-state index contributed by atoms with van der Waals surface area (Å²) >= 11 is 0. The third-order valence-corrected chi connectivity index (χ3v) is 2.41. The molecular weight excluding hydrogens is 152 g/mol. The summed E-state index contributed by atoms with van der Waals surface area (Å²) in [6, 6.07) is 0. The van der Waals surface area contributed by atoms with Gasteiger partial charge >= 0.3 is 0 Å². The van der Waals surface area contributed by atoms with E-state index < -0.39 is 8.32 Å². The van der Waals surface area contributed by atoms with E-state index in [0.29, 0.717) is 0 Å². The van der Waals surface area contributed by atoms with Gasteiger partial charge in [-0.25, -0.2) is 6.42 Å². The van der Waals surface area contributed by atoms with Crippen molar-refractivity contribution in [1.29, 1.82) is 0 Å². The van der Waals surface area contributed by atoms with Gasteiger partial charge in [0, 0.05) is 0 Å². The molecule has 1 aliphatic rings. The minimum absolute atomic E-state index is 1.14. The molecule has 0 saturated heterocycles. The first-order valence-electron chi connectivity index (χ1n) is 4.29. The van der Waals surface area contributed by atoms with Crippen molar-refractivity contribution >= 4 is 8.32 Å². The molecular formula is C9H17OSi-. The quantitative estimate of drug-likeness (QED) is 0.456. The maximum Gasteiger partial charge on any atom is 0.219 e. The molecule has 1 aliphatic carbocycles. The predicted octanol–water partition coefficient (Wildman–Crippen LogP) is 3.11. The van der Waals surface area contributed by atoms with Crippen molar-refractivity contribution in [3.8, 4) is 0 Å². The van der Waals surface area contributed by atoms with Crippen LogP contribution in [0.3, 0.4) is 0 Å². The normalized spacial score (nSPS) is 18.6. The Morgan fingerprint density at radius 1 is 1.45 bits per heavy atom. The molecule has 0 aromatic heterocycles. The van der Waals surface area contributed by atoms with Gasteiger partial charge in [-0.15, -0.1) is 6.42 Å². The van der Waals surface area contributed by atoms with Gasteiger partial charge in [0.2, 0.25) is 8.32 Å². The first kappa shape index (κ1) is 8.72. The molecule has 64 valence electrons. The van der Waals surface area contributed by atoms with Crippen molar-refractivity contribution < 1.29 is 4.43 Å². The lowest BCUT2D eigenvalue weighted by atomic mass is 10.1. The van der Waals surface area contributed by atoms with Crippen molar-refractivity contribution in [2.24, 2.45) is 0 Å². The monoisotopic (exact) mass is 169 g/mol. The Morgan fingerprint density at radius 2 is 2.18 bits per heavy atom. The number of hydrogen-bond acceptors (Lipinski definition) is 1. The molecule has 2 heteroatoms. The summed E-state index contributed by atoms with van der Waals surface area (Å²) in [7, 11) is -1.33. The Bertz CT molecular complexity index is 155. The summed E-state index contributed by atoms with van der Waals surface area (Å²) in [6.07, 6.45) is 7.97. The number of hydrogen-bond donors (Lipinski definition) is 0. The van der Waals surface area contributed by atoms with E-state index in [-0.39, 0.29) is 0 Å². The first-order chi connectivity index (χ1) is 5.08. The Hall–Kier alpha value is -0.373. The maximum absolute atomic E-state index is 5.85. The molecule has 0 radical (unpaired) electrons. The zero-order valence-electron chi connectivity index (χ0n) is 7.68. The van der Waals surface area contributed by atoms with Crippen molar-refractivity contribution in [2.75, 3.05) is 0 Å². The summed E-state index contributed by atoms with van der Waals surface area (Å²) in [4.78, 5) is 0. The first-order valence-corrected chi connectivity index (χ1v) is 7.70. The lowest BCUT2D eigenvalue weighted by Gasteiger charge is -2.31. The van der Waals surface area contributed by atoms with E-state index in [1.54, 1.807) is 0 Å². The summed E-state index contributed by atoms with van der Waals surface area (Å²) in [5.74, 6) is 1.20. The van der Waals surface area contributed by atoms with Crippen LogP contribution < -0.4 is 0 Å². The average molecular weight is 169 g/mol. The van der Waals surface area contributed by atoms with E-state index in [1.807, 2.05) is 0 Å². The maximum atomic E-state index is 5.85. The molecule has 0 N–H and O–H groups in total. The summed E-state index contributed by atoms with van der Waals surface area (Å²) in [5.41, 5.74) is 0. The Labute approximate surface area is 70.6 Å². The highest BCUT2D eigenvalue weighted by Gasteiger charge is 2.13. The van der Waals surface area contributed by atoms with Crippen LogP contribution in [0.2, 0.25) is 19.6 Å². The second-order valence-electron chi connectivity index (χ2n) is 3.98. The Kier molecular flexibility index (Phi) is 2.65. The van der Waals surface area contributed by atoms with Crippen LogP contribution in [0.15, 0.2) is 11.8 Å². The smallest absolute Gasteiger partial charge is 0.219 e. The second-order valence-corrected chi connectivity index (χ2v) is 8.40. The lowest BCUT2D eigenvalue weighted by Crippen LogP contribution is -2.25. The Balaban J connectivity index is 2.42. The molecule has 0 aromatic rings. The van der Waals surface area contributed by atoms with Crippen LogP contribution in [0, 0.1) is 6.42 Å². The van der Waals surface area contributed by atoms with E-state index in [2.05, 4.69) is 32.1 Å². The molecule has 0 unspecified atom stereocenters. The lowest BCUT2D eigenvalue weighted by molar-refractivity contribution is 0.388. The van der Waals surface area contributed by atoms with Gasteiger partial charge in [0.15, 0.2) is 0 Å². The molecule has 0 atom stereocenters. The molecule has 0 fully saturated rings. The highest BCUT2D eigenvalue weighted by atomic mass is 28.4. The molecule has 1 rings (SSSR count). The van der Waals surface area contributed by atoms with Gasteiger partial charge in [-0.3, -0.25) is 0 Å². The van der Waals surface area contributed by atoms with Crippen LogP contribution in [-0.4, -0.2) is 8.32 Å². The SMILES string of the molecule is C[Si](C)(C)OC1=C[CH-]CCC1. The van der Waals surface area contributed by atoms with E-state index in [4.69, 9.17) is 4.43 Å². The summed E-state index contributed by atoms with van der Waals surface area (Å²) in [6.45, 7) is 6.67. The van der Waals surface area contributed by atoms with Crippen molar-refractivity contribution in [3.05, 3.63) is 18.3 Å². The van der Waals surface area contributed by atoms with E-state index in [9.17, 15) is 0 Å². The van der Waals surface area contributed by atoms with Gasteiger partial charge in [0.25, 0.3) is 0 Å². The van der Waals surface area contributed by atoms with Crippen molar-refractivity contribution in [1.82, 2.24) is 0 Å². The fourth-order valence-electron chi connectivity index (χ4n) is 1.17.